The van der Waals surface area contributed by atoms with E-state index in [2.05, 4.69) is 6.08 Å². The summed E-state index contributed by atoms with van der Waals surface area (Å²) in [6, 6.07) is 9.66. The van der Waals surface area contributed by atoms with Crippen LogP contribution in [-0.2, 0) is 0 Å². The Morgan fingerprint density at radius 1 is 1.27 bits per heavy atom. The van der Waals surface area contributed by atoms with Crippen LogP contribution >= 0.6 is 11.6 Å². The summed E-state index contributed by atoms with van der Waals surface area (Å²) in [5, 5.41) is -0.713. The van der Waals surface area contributed by atoms with Crippen molar-refractivity contribution in [3.05, 3.63) is 65.5 Å². The van der Waals surface area contributed by atoms with Crippen LogP contribution in [0.3, 0.4) is 0 Å². The zero-order chi connectivity index (χ0) is 10.7. The number of benzene rings is 1. The van der Waals surface area contributed by atoms with Crippen LogP contribution in [0.2, 0.25) is 0 Å². The van der Waals surface area contributed by atoms with Gasteiger partial charge < -0.3 is 0 Å². The molecule has 0 amide bonds. The van der Waals surface area contributed by atoms with Crippen LogP contribution in [0.5, 0.6) is 0 Å². The normalized spacial score (nSPS) is 22.9. The Balaban J connectivity index is 2.29. The van der Waals surface area contributed by atoms with Crippen LogP contribution in [0.15, 0.2) is 53.9 Å². The summed E-state index contributed by atoms with van der Waals surface area (Å²) in [7, 11) is 0. The molecule has 0 spiro atoms. The minimum absolute atomic E-state index is 0.336. The SMILES string of the molecule is FC1=CC=[C]C(=Cc2ccccc2)C1Cl. The monoisotopic (exact) mass is 219 g/mol. The predicted molar refractivity (Wildman–Crippen MR) is 61.1 cm³/mol. The number of halogens is 2. The lowest BCUT2D eigenvalue weighted by Gasteiger charge is -2.11. The van der Waals surface area contributed by atoms with Crippen LogP contribution in [0, 0.1) is 6.08 Å². The third-order valence-corrected chi connectivity index (χ3v) is 2.57. The van der Waals surface area contributed by atoms with E-state index in [1.807, 2.05) is 36.4 Å². The van der Waals surface area contributed by atoms with Crippen molar-refractivity contribution in [2.45, 2.75) is 5.38 Å². The average Bonchev–Trinajstić information content (AvgIpc) is 2.26. The maximum Gasteiger partial charge on any atom is 0.122 e. The van der Waals surface area contributed by atoms with Gasteiger partial charge in [0, 0.05) is 0 Å². The molecule has 1 aromatic rings. The van der Waals surface area contributed by atoms with Crippen LogP contribution in [0.1, 0.15) is 5.56 Å². The van der Waals surface area contributed by atoms with E-state index < -0.39 is 5.38 Å². The molecule has 1 radical (unpaired) electrons. The Labute approximate surface area is 93.4 Å². The van der Waals surface area contributed by atoms with Crippen LogP contribution < -0.4 is 0 Å². The number of allylic oxidation sites excluding steroid dienone is 5. The van der Waals surface area contributed by atoms with Crippen molar-refractivity contribution >= 4 is 17.7 Å². The highest BCUT2D eigenvalue weighted by Gasteiger charge is 2.16. The Kier molecular flexibility index (Phi) is 3.02. The highest BCUT2D eigenvalue weighted by molar-refractivity contribution is 6.24. The van der Waals surface area contributed by atoms with Gasteiger partial charge in [-0.2, -0.15) is 0 Å². The molecule has 0 aromatic heterocycles. The predicted octanol–water partition coefficient (Wildman–Crippen LogP) is 3.90. The Morgan fingerprint density at radius 2 is 2.00 bits per heavy atom. The van der Waals surface area contributed by atoms with E-state index in [0.29, 0.717) is 5.57 Å². The first-order valence-electron chi connectivity index (χ1n) is 4.63. The summed E-state index contributed by atoms with van der Waals surface area (Å²) in [4.78, 5) is 0. The highest BCUT2D eigenvalue weighted by atomic mass is 35.5. The van der Waals surface area contributed by atoms with E-state index in [1.54, 1.807) is 6.08 Å². The quantitative estimate of drug-likeness (QED) is 0.629. The van der Waals surface area contributed by atoms with Crippen molar-refractivity contribution in [2.75, 3.05) is 0 Å². The van der Waals surface area contributed by atoms with Gasteiger partial charge in [-0.3, -0.25) is 0 Å². The molecule has 0 bridgehead atoms. The first kappa shape index (κ1) is 10.2. The second-order valence-corrected chi connectivity index (χ2v) is 3.67. The summed E-state index contributed by atoms with van der Waals surface area (Å²) in [6.45, 7) is 0. The number of hydrogen-bond donors (Lipinski definition) is 0. The smallest absolute Gasteiger partial charge is 0.122 e. The fourth-order valence-electron chi connectivity index (χ4n) is 1.37. The second kappa shape index (κ2) is 4.45. The molecule has 1 unspecified atom stereocenters. The zero-order valence-electron chi connectivity index (χ0n) is 7.95. The molecule has 0 nitrogen and oxygen atoms in total. The topological polar surface area (TPSA) is 0 Å². The zero-order valence-corrected chi connectivity index (χ0v) is 8.71. The number of rotatable bonds is 1. The van der Waals surface area contributed by atoms with Gasteiger partial charge in [-0.15, -0.1) is 11.6 Å². The molecule has 0 saturated heterocycles. The first-order chi connectivity index (χ1) is 7.27. The van der Waals surface area contributed by atoms with Crippen LogP contribution in [0.25, 0.3) is 6.08 Å². The Hall–Kier alpha value is -1.34. The van der Waals surface area contributed by atoms with Gasteiger partial charge >= 0.3 is 0 Å². The highest BCUT2D eigenvalue weighted by Crippen LogP contribution is 2.26. The molecule has 1 aliphatic rings. The number of hydrogen-bond acceptors (Lipinski definition) is 0. The molecule has 0 aliphatic heterocycles. The Bertz CT molecular complexity index is 429. The minimum atomic E-state index is -0.713. The molecular weight excluding hydrogens is 211 g/mol. The lowest BCUT2D eigenvalue weighted by Crippen LogP contribution is -2.05. The summed E-state index contributed by atoms with van der Waals surface area (Å²) in [6.07, 6.45) is 7.65. The van der Waals surface area contributed by atoms with Crippen molar-refractivity contribution in [1.82, 2.24) is 0 Å². The van der Waals surface area contributed by atoms with Gasteiger partial charge in [0.05, 0.1) is 0 Å². The molecule has 2 rings (SSSR count). The van der Waals surface area contributed by atoms with Crippen molar-refractivity contribution in [3.63, 3.8) is 0 Å². The second-order valence-electron chi connectivity index (χ2n) is 3.24. The summed E-state index contributed by atoms with van der Waals surface area (Å²) >= 11 is 5.89. The third kappa shape index (κ3) is 2.37. The largest absolute Gasteiger partial charge is 0.210 e. The van der Waals surface area contributed by atoms with Gasteiger partial charge in [0.2, 0.25) is 0 Å². The van der Waals surface area contributed by atoms with Gasteiger partial charge in [0.1, 0.15) is 11.2 Å². The fraction of sp³-hybridized carbons (Fsp3) is 0.0769. The molecule has 0 saturated carbocycles. The van der Waals surface area contributed by atoms with Gasteiger partial charge in [-0.1, -0.05) is 36.4 Å². The summed E-state index contributed by atoms with van der Waals surface area (Å²) < 4.78 is 13.1. The van der Waals surface area contributed by atoms with Crippen molar-refractivity contribution in [3.8, 4) is 0 Å². The molecule has 0 heterocycles. The fourth-order valence-corrected chi connectivity index (χ4v) is 1.57. The van der Waals surface area contributed by atoms with Gasteiger partial charge in [0.25, 0.3) is 0 Å². The van der Waals surface area contributed by atoms with E-state index in [9.17, 15) is 4.39 Å². The Morgan fingerprint density at radius 3 is 2.73 bits per heavy atom. The lowest BCUT2D eigenvalue weighted by molar-refractivity contribution is 0.613. The van der Waals surface area contributed by atoms with Crippen molar-refractivity contribution in [1.29, 1.82) is 0 Å². The molecule has 75 valence electrons. The van der Waals surface area contributed by atoms with E-state index >= 15 is 0 Å². The molecule has 1 aliphatic carbocycles. The molecule has 0 fully saturated rings. The average molecular weight is 220 g/mol. The van der Waals surface area contributed by atoms with E-state index in [1.165, 1.54) is 6.08 Å². The number of alkyl halides is 1. The van der Waals surface area contributed by atoms with Crippen molar-refractivity contribution < 1.29 is 4.39 Å². The molecule has 1 atom stereocenters. The van der Waals surface area contributed by atoms with Crippen LogP contribution in [-0.4, -0.2) is 5.38 Å². The van der Waals surface area contributed by atoms with Gasteiger partial charge in [0.15, 0.2) is 0 Å². The van der Waals surface area contributed by atoms with Crippen molar-refractivity contribution in [2.24, 2.45) is 0 Å². The third-order valence-electron chi connectivity index (χ3n) is 2.13. The van der Waals surface area contributed by atoms with Gasteiger partial charge in [-0.05, 0) is 29.4 Å². The van der Waals surface area contributed by atoms with E-state index in [0.717, 1.165) is 5.56 Å². The minimum Gasteiger partial charge on any atom is -0.210 e. The molecule has 15 heavy (non-hydrogen) atoms. The maximum absolute atomic E-state index is 13.1. The van der Waals surface area contributed by atoms with E-state index in [4.69, 9.17) is 11.6 Å². The van der Waals surface area contributed by atoms with E-state index in [-0.39, 0.29) is 5.83 Å². The molecular formula is C13H9ClF. The molecule has 2 heteroatoms. The summed E-state index contributed by atoms with van der Waals surface area (Å²) in [5.41, 5.74) is 1.65. The lowest BCUT2D eigenvalue weighted by atomic mass is 10.0. The maximum atomic E-state index is 13.1. The van der Waals surface area contributed by atoms with Gasteiger partial charge in [-0.25, -0.2) is 4.39 Å². The molecule has 0 N–H and O–H groups in total. The van der Waals surface area contributed by atoms with Crippen LogP contribution in [0.4, 0.5) is 4.39 Å². The summed E-state index contributed by atoms with van der Waals surface area (Å²) in [5.74, 6) is -0.336. The standard InChI is InChI=1S/C13H9ClF/c14-13-11(7-4-8-12(13)15)9-10-5-2-1-3-6-10/h1-6,8-9,13H. The molecule has 1 aromatic carbocycles. The first-order valence-corrected chi connectivity index (χ1v) is 5.07.